The van der Waals surface area contributed by atoms with Crippen molar-refractivity contribution in [1.82, 2.24) is 20.3 Å². The van der Waals surface area contributed by atoms with E-state index in [4.69, 9.17) is 14.3 Å². The van der Waals surface area contributed by atoms with Gasteiger partial charge in [0.25, 0.3) is 6.47 Å². The molecule has 34 heavy (non-hydrogen) atoms. The van der Waals surface area contributed by atoms with Crippen molar-refractivity contribution >= 4 is 40.7 Å². The van der Waals surface area contributed by atoms with Crippen molar-refractivity contribution in [3.63, 3.8) is 0 Å². The molecule has 0 spiro atoms. The molecule has 1 saturated carbocycles. The number of fused-ring (bicyclic) bond motifs is 1. The molecule has 5 rings (SSSR count). The lowest BCUT2D eigenvalue weighted by molar-refractivity contribution is -0.122. The number of oxazole rings is 1. The van der Waals surface area contributed by atoms with Gasteiger partial charge in [0.1, 0.15) is 0 Å². The minimum absolute atomic E-state index is 0.0153. The number of halogens is 1. The summed E-state index contributed by atoms with van der Waals surface area (Å²) in [5.74, 6) is -0.864. The Morgan fingerprint density at radius 1 is 1.18 bits per heavy atom. The Labute approximate surface area is 193 Å². The summed E-state index contributed by atoms with van der Waals surface area (Å²) in [5.41, 5.74) is 3.49. The predicted octanol–water partition coefficient (Wildman–Crippen LogP) is 4.05. The van der Waals surface area contributed by atoms with Crippen molar-refractivity contribution in [2.75, 3.05) is 10.6 Å². The maximum absolute atomic E-state index is 14.3. The molecule has 5 N–H and O–H groups in total. The monoisotopic (exact) mass is 466 g/mol. The first-order valence-electron chi connectivity index (χ1n) is 10.6. The predicted molar refractivity (Wildman–Crippen MR) is 125 cm³/mol. The Bertz CT molecular complexity index is 1330. The molecule has 1 atom stereocenters. The fraction of sp³-hybridized carbons (Fsp3) is 0.217. The van der Waals surface area contributed by atoms with Gasteiger partial charge in [-0.25, -0.2) is 14.2 Å². The molecule has 2 aromatic heterocycles. The lowest BCUT2D eigenvalue weighted by atomic mass is 10.1. The number of carboxylic acid groups (broad SMARTS) is 1. The number of anilines is 4. The average Bonchev–Trinajstić information content (AvgIpc) is 3.55. The van der Waals surface area contributed by atoms with Crippen LogP contribution in [0.25, 0.3) is 11.1 Å². The second kappa shape index (κ2) is 10.1. The highest BCUT2D eigenvalue weighted by Gasteiger charge is 2.23. The first-order chi connectivity index (χ1) is 16.4. The fourth-order valence-electron chi connectivity index (χ4n) is 3.37. The lowest BCUT2D eigenvalue weighted by Crippen LogP contribution is -2.20. The van der Waals surface area contributed by atoms with Gasteiger partial charge in [0, 0.05) is 23.5 Å². The number of aromatic amines is 1. The van der Waals surface area contributed by atoms with Crippen molar-refractivity contribution in [2.24, 2.45) is 0 Å². The third-order valence-corrected chi connectivity index (χ3v) is 5.16. The first-order valence-corrected chi connectivity index (χ1v) is 10.6. The van der Waals surface area contributed by atoms with Gasteiger partial charge in [0.2, 0.25) is 5.95 Å². The normalized spacial score (nSPS) is 13.6. The van der Waals surface area contributed by atoms with E-state index in [9.17, 15) is 9.18 Å². The number of nitrogens with zero attached hydrogens (tertiary/aromatic N) is 2. The average molecular weight is 466 g/mol. The number of nitrogens with one attached hydrogen (secondary N) is 4. The van der Waals surface area contributed by atoms with Gasteiger partial charge in [0.05, 0.1) is 11.7 Å². The minimum Gasteiger partial charge on any atom is -0.483 e. The maximum atomic E-state index is 14.3. The second-order valence-corrected chi connectivity index (χ2v) is 7.76. The van der Waals surface area contributed by atoms with Crippen molar-refractivity contribution in [3.05, 3.63) is 70.6 Å². The highest BCUT2D eigenvalue weighted by molar-refractivity contribution is 5.78. The summed E-state index contributed by atoms with van der Waals surface area (Å²) in [4.78, 5) is 30.5. The standard InChI is InChI=1S/C22H21FN6O2.CH2O2/c1-12(25-14-6-7-14)13-2-4-15(5-3-13)27-21-24-11-17(23)20(29-21)26-16-8-9-19-18(10-16)28-22(30)31-19;2-1-3/h2-5,8-12,14,25H,6-7H2,1H3,(H,28,30)(H2,24,26,27,29);1H,(H,2,3). The van der Waals surface area contributed by atoms with Crippen molar-refractivity contribution in [3.8, 4) is 0 Å². The van der Waals surface area contributed by atoms with Crippen LogP contribution in [0.4, 0.5) is 27.5 Å². The van der Waals surface area contributed by atoms with Crippen LogP contribution in [-0.2, 0) is 4.79 Å². The van der Waals surface area contributed by atoms with Crippen LogP contribution in [0.15, 0.2) is 57.9 Å². The number of benzene rings is 2. The topological polar surface area (TPSA) is 145 Å². The van der Waals surface area contributed by atoms with E-state index in [0.717, 1.165) is 11.9 Å². The maximum Gasteiger partial charge on any atom is 0.417 e. The van der Waals surface area contributed by atoms with Crippen molar-refractivity contribution < 1.29 is 18.7 Å². The zero-order chi connectivity index (χ0) is 24.1. The molecule has 176 valence electrons. The first kappa shape index (κ1) is 22.9. The summed E-state index contributed by atoms with van der Waals surface area (Å²) < 4.78 is 19.2. The van der Waals surface area contributed by atoms with Gasteiger partial charge in [-0.05, 0) is 55.7 Å². The van der Waals surface area contributed by atoms with Crippen LogP contribution in [0.2, 0.25) is 0 Å². The van der Waals surface area contributed by atoms with Gasteiger partial charge in [-0.2, -0.15) is 4.98 Å². The van der Waals surface area contributed by atoms with Crippen LogP contribution in [0.3, 0.4) is 0 Å². The molecule has 0 bridgehead atoms. The zero-order valence-corrected chi connectivity index (χ0v) is 18.2. The number of hydrogen-bond acceptors (Lipinski definition) is 8. The van der Waals surface area contributed by atoms with Gasteiger partial charge in [-0.1, -0.05) is 12.1 Å². The molecule has 0 saturated heterocycles. The number of carbonyl (C=O) groups is 1. The zero-order valence-electron chi connectivity index (χ0n) is 18.2. The van der Waals surface area contributed by atoms with Crippen molar-refractivity contribution in [1.29, 1.82) is 0 Å². The lowest BCUT2D eigenvalue weighted by Gasteiger charge is -2.14. The second-order valence-electron chi connectivity index (χ2n) is 7.76. The van der Waals surface area contributed by atoms with E-state index >= 15 is 0 Å². The molecular weight excluding hydrogens is 443 g/mol. The third-order valence-electron chi connectivity index (χ3n) is 5.16. The Balaban J connectivity index is 0.000000868. The van der Waals surface area contributed by atoms with Crippen LogP contribution in [0.1, 0.15) is 31.4 Å². The number of rotatable bonds is 7. The minimum atomic E-state index is -0.596. The van der Waals surface area contributed by atoms with E-state index in [1.54, 1.807) is 18.2 Å². The number of hydrogen-bond donors (Lipinski definition) is 5. The van der Waals surface area contributed by atoms with E-state index in [0.29, 0.717) is 28.9 Å². The largest absolute Gasteiger partial charge is 0.483 e. The van der Waals surface area contributed by atoms with Gasteiger partial charge >= 0.3 is 5.76 Å². The Morgan fingerprint density at radius 3 is 2.59 bits per heavy atom. The van der Waals surface area contributed by atoms with E-state index in [-0.39, 0.29) is 18.2 Å². The van der Waals surface area contributed by atoms with Gasteiger partial charge in [-0.15, -0.1) is 0 Å². The molecule has 2 heterocycles. The quantitative estimate of drug-likeness (QED) is 0.255. The SMILES string of the molecule is CC(NC1CC1)c1ccc(Nc2ncc(F)c(Nc3ccc4oc(=O)[nH]c4c3)n2)cc1.O=CO. The van der Waals surface area contributed by atoms with Crippen LogP contribution >= 0.6 is 0 Å². The van der Waals surface area contributed by atoms with Gasteiger partial charge in [-0.3, -0.25) is 9.78 Å². The summed E-state index contributed by atoms with van der Waals surface area (Å²) in [6.07, 6.45) is 3.60. The summed E-state index contributed by atoms with van der Waals surface area (Å²) >= 11 is 0. The molecule has 1 fully saturated rings. The smallest absolute Gasteiger partial charge is 0.417 e. The van der Waals surface area contributed by atoms with Crippen LogP contribution < -0.4 is 21.7 Å². The van der Waals surface area contributed by atoms with E-state index in [1.807, 2.05) is 24.3 Å². The molecule has 1 aliphatic carbocycles. The Morgan fingerprint density at radius 2 is 1.88 bits per heavy atom. The summed E-state index contributed by atoms with van der Waals surface area (Å²) in [6.45, 7) is 1.90. The molecule has 2 aromatic carbocycles. The molecule has 10 nitrogen and oxygen atoms in total. The van der Waals surface area contributed by atoms with E-state index in [1.165, 1.54) is 18.4 Å². The van der Waals surface area contributed by atoms with Crippen molar-refractivity contribution in [2.45, 2.75) is 31.8 Å². The Hall–Kier alpha value is -4.25. The van der Waals surface area contributed by atoms with E-state index < -0.39 is 11.6 Å². The highest BCUT2D eigenvalue weighted by atomic mass is 19.1. The number of H-pyrrole nitrogens is 1. The molecule has 4 aromatic rings. The van der Waals surface area contributed by atoms with Crippen LogP contribution in [0, 0.1) is 5.82 Å². The molecule has 11 heteroatoms. The molecular formula is C23H23FN6O4. The summed E-state index contributed by atoms with van der Waals surface area (Å²) in [7, 11) is 0. The molecule has 1 unspecified atom stereocenters. The molecule has 0 radical (unpaired) electrons. The number of aromatic nitrogens is 3. The van der Waals surface area contributed by atoms with Gasteiger partial charge in [0.15, 0.2) is 17.2 Å². The molecule has 0 aliphatic heterocycles. The third kappa shape index (κ3) is 5.75. The molecule has 1 aliphatic rings. The fourth-order valence-corrected chi connectivity index (χ4v) is 3.37. The highest BCUT2D eigenvalue weighted by Crippen LogP contribution is 2.26. The summed E-state index contributed by atoms with van der Waals surface area (Å²) in [6, 6.07) is 13.9. The van der Waals surface area contributed by atoms with Crippen LogP contribution in [-0.4, -0.2) is 32.6 Å². The molecule has 0 amide bonds. The van der Waals surface area contributed by atoms with E-state index in [2.05, 4.69) is 37.8 Å². The van der Waals surface area contributed by atoms with Crippen LogP contribution in [0.5, 0.6) is 0 Å². The van der Waals surface area contributed by atoms with Gasteiger partial charge < -0.3 is 25.5 Å². The summed E-state index contributed by atoms with van der Waals surface area (Å²) in [5, 5.41) is 16.5. The Kier molecular flexibility index (Phi) is 6.83.